The standard InChI is InChI=1S/C44H59ClN8O7S/c1-26(28-15-17-30(18-16-28)38-27(2)47-25-61-38)48-40(56)34-21-33(54)23-52(34)41(57)39(43(3,4)5)53-22-31(50-51-53)13-9-11-29-12-10-14-35(37(29)45)59-24-32(19-20-36(46)55)49-42(58)60-44(6,7)8/h10,12,14-18,22,25-26,32-34,39,54H,9,11,13,19-21,23-24H2,1-8H3,(H2,46,55)(H,48,56)(H,49,58)/t26-,32-,33+,34-,39+/m0/s1. The van der Waals surface area contributed by atoms with Crippen molar-refractivity contribution in [3.63, 3.8) is 0 Å². The molecule has 0 saturated carbocycles. The first-order chi connectivity index (χ1) is 28.7. The van der Waals surface area contributed by atoms with Crippen LogP contribution in [0.25, 0.3) is 10.4 Å². The predicted octanol–water partition coefficient (Wildman–Crippen LogP) is 6.50. The van der Waals surface area contributed by atoms with Gasteiger partial charge in [-0.25, -0.2) is 14.5 Å². The Kier molecular flexibility index (Phi) is 15.6. The zero-order chi connectivity index (χ0) is 44.6. The van der Waals surface area contributed by atoms with Gasteiger partial charge in [-0.1, -0.05) is 74.0 Å². The van der Waals surface area contributed by atoms with Gasteiger partial charge in [0.25, 0.3) is 0 Å². The topological polar surface area (TPSA) is 204 Å². The number of nitrogens with one attached hydrogen (secondary N) is 2. The number of carbonyl (C=O) groups excluding carboxylic acids is 4. The molecule has 1 aliphatic heterocycles. The highest BCUT2D eigenvalue weighted by Gasteiger charge is 2.45. The number of aliphatic hydroxyl groups is 1. The normalized spacial score (nSPS) is 17.0. The van der Waals surface area contributed by atoms with Crippen molar-refractivity contribution in [1.29, 1.82) is 0 Å². The molecule has 330 valence electrons. The Hall–Kier alpha value is -5.06. The summed E-state index contributed by atoms with van der Waals surface area (Å²) in [5.74, 6) is -0.723. The van der Waals surface area contributed by atoms with E-state index >= 15 is 0 Å². The maximum atomic E-state index is 14.4. The summed E-state index contributed by atoms with van der Waals surface area (Å²) in [4.78, 5) is 59.0. The van der Waals surface area contributed by atoms with Crippen molar-refractivity contribution in [1.82, 2.24) is 35.5 Å². The summed E-state index contributed by atoms with van der Waals surface area (Å²) < 4.78 is 13.0. The average Bonchev–Trinajstić information content (AvgIpc) is 3.92. The number of alkyl carbamates (subject to hydrolysis) is 1. The van der Waals surface area contributed by atoms with Crippen LogP contribution in [-0.2, 0) is 32.0 Å². The van der Waals surface area contributed by atoms with E-state index in [-0.39, 0.29) is 50.3 Å². The number of thiazole rings is 1. The number of benzene rings is 2. The van der Waals surface area contributed by atoms with Crippen LogP contribution in [0.2, 0.25) is 5.02 Å². The van der Waals surface area contributed by atoms with E-state index in [9.17, 15) is 24.3 Å². The molecule has 17 heteroatoms. The Morgan fingerprint density at radius 2 is 1.77 bits per heavy atom. The number of ether oxygens (including phenoxy) is 2. The highest BCUT2D eigenvalue weighted by molar-refractivity contribution is 7.13. The van der Waals surface area contributed by atoms with Gasteiger partial charge in [0.05, 0.1) is 45.0 Å². The molecular weight excluding hydrogens is 820 g/mol. The Bertz CT molecular complexity index is 2150. The number of nitrogens with two attached hydrogens (primary N) is 1. The van der Waals surface area contributed by atoms with E-state index in [0.717, 1.165) is 27.3 Å². The molecule has 0 radical (unpaired) electrons. The van der Waals surface area contributed by atoms with Crippen molar-refractivity contribution in [2.24, 2.45) is 11.1 Å². The number of hydrogen-bond donors (Lipinski definition) is 4. The molecule has 4 amide bonds. The molecule has 0 unspecified atom stereocenters. The second-order valence-electron chi connectivity index (χ2n) is 17.7. The quantitative estimate of drug-likeness (QED) is 0.0906. The van der Waals surface area contributed by atoms with Crippen molar-refractivity contribution in [2.75, 3.05) is 13.2 Å². The minimum atomic E-state index is -0.858. The lowest BCUT2D eigenvalue weighted by molar-refractivity contribution is -0.144. The highest BCUT2D eigenvalue weighted by atomic mass is 35.5. The molecule has 2 aromatic carbocycles. The predicted molar refractivity (Wildman–Crippen MR) is 234 cm³/mol. The van der Waals surface area contributed by atoms with Gasteiger partial charge in [-0.15, -0.1) is 16.4 Å². The van der Waals surface area contributed by atoms with Crippen LogP contribution in [0.1, 0.15) is 109 Å². The highest BCUT2D eigenvalue weighted by Crippen LogP contribution is 2.35. The van der Waals surface area contributed by atoms with E-state index < -0.39 is 47.2 Å². The number of β-amino-alcohol motifs (C(OH)–C–C–N with tert-alkyl or cyclic N) is 1. The minimum Gasteiger partial charge on any atom is -0.490 e. The molecule has 5 N–H and O–H groups in total. The molecule has 3 heterocycles. The molecule has 0 aliphatic carbocycles. The van der Waals surface area contributed by atoms with E-state index in [2.05, 4.69) is 25.9 Å². The molecule has 1 aliphatic rings. The van der Waals surface area contributed by atoms with Gasteiger partial charge in [-0.05, 0) is 88.5 Å². The molecule has 15 nitrogen and oxygen atoms in total. The number of hydrogen-bond acceptors (Lipinski definition) is 11. The summed E-state index contributed by atoms with van der Waals surface area (Å²) in [6.07, 6.45) is 2.50. The Labute approximate surface area is 366 Å². The zero-order valence-corrected chi connectivity index (χ0v) is 37.8. The lowest BCUT2D eigenvalue weighted by atomic mass is 9.85. The number of primary amides is 1. The van der Waals surface area contributed by atoms with Gasteiger partial charge in [0.15, 0.2) is 0 Å². The maximum absolute atomic E-state index is 14.4. The fourth-order valence-electron chi connectivity index (χ4n) is 7.29. The summed E-state index contributed by atoms with van der Waals surface area (Å²) in [5, 5.41) is 25.8. The lowest BCUT2D eigenvalue weighted by Gasteiger charge is -2.34. The van der Waals surface area contributed by atoms with E-state index in [1.807, 2.05) is 76.5 Å². The maximum Gasteiger partial charge on any atom is 0.407 e. The summed E-state index contributed by atoms with van der Waals surface area (Å²) >= 11 is 8.36. The second kappa shape index (κ2) is 20.2. The minimum absolute atomic E-state index is 0.0279. The first-order valence-electron chi connectivity index (χ1n) is 20.6. The monoisotopic (exact) mass is 878 g/mol. The third-order valence-corrected chi connectivity index (χ3v) is 11.7. The first-order valence-corrected chi connectivity index (χ1v) is 21.8. The summed E-state index contributed by atoms with van der Waals surface area (Å²) in [7, 11) is 0. The Balaban J connectivity index is 1.20. The van der Waals surface area contributed by atoms with Crippen LogP contribution in [0.4, 0.5) is 4.79 Å². The van der Waals surface area contributed by atoms with Crippen LogP contribution in [0.3, 0.4) is 0 Å². The van der Waals surface area contributed by atoms with E-state index in [1.165, 1.54) is 4.90 Å². The van der Waals surface area contributed by atoms with E-state index in [1.54, 1.807) is 49.1 Å². The SMILES string of the molecule is Cc1ncsc1-c1ccc([C@H](C)NC(=O)[C@@H]2C[C@@H](O)CN2C(=O)[C@@H](n2cc(CCCc3cccc(OC[C@H](CCC(N)=O)NC(=O)OC(C)(C)C)c3Cl)nn2)C(C)(C)C)cc1. The smallest absolute Gasteiger partial charge is 0.407 e. The molecule has 0 bridgehead atoms. The summed E-state index contributed by atoms with van der Waals surface area (Å²) in [6.45, 7) is 15.0. The number of nitrogens with zero attached hydrogens (tertiary/aromatic N) is 5. The van der Waals surface area contributed by atoms with Crippen LogP contribution in [0.5, 0.6) is 5.75 Å². The van der Waals surface area contributed by atoms with Gasteiger partial charge in [0, 0.05) is 25.6 Å². The number of amides is 4. The third-order valence-electron chi connectivity index (χ3n) is 10.3. The zero-order valence-electron chi connectivity index (χ0n) is 36.2. The van der Waals surface area contributed by atoms with Crippen LogP contribution in [-0.4, -0.2) is 90.7 Å². The molecule has 0 spiro atoms. The largest absolute Gasteiger partial charge is 0.490 e. The number of halogens is 1. The number of aromatic nitrogens is 4. The third kappa shape index (κ3) is 13.0. The van der Waals surface area contributed by atoms with Crippen molar-refractivity contribution in [3.8, 4) is 16.2 Å². The lowest BCUT2D eigenvalue weighted by Crippen LogP contribution is -2.50. The fourth-order valence-corrected chi connectivity index (χ4v) is 8.38. The number of aryl methyl sites for hydroxylation is 3. The number of likely N-dealkylation sites (tertiary alicyclic amines) is 1. The van der Waals surface area contributed by atoms with Crippen molar-refractivity contribution >= 4 is 46.8 Å². The Morgan fingerprint density at radius 3 is 2.41 bits per heavy atom. The molecule has 2 aromatic heterocycles. The van der Waals surface area contributed by atoms with Crippen molar-refractivity contribution in [2.45, 2.75) is 130 Å². The molecule has 1 fully saturated rings. The van der Waals surface area contributed by atoms with Gasteiger partial charge < -0.3 is 35.8 Å². The van der Waals surface area contributed by atoms with Crippen LogP contribution < -0.4 is 21.1 Å². The Morgan fingerprint density at radius 1 is 1.05 bits per heavy atom. The number of carbonyl (C=O) groups is 4. The van der Waals surface area contributed by atoms with Gasteiger partial charge >= 0.3 is 6.09 Å². The van der Waals surface area contributed by atoms with Gasteiger partial charge in [-0.2, -0.15) is 0 Å². The molecule has 5 rings (SSSR count). The van der Waals surface area contributed by atoms with Crippen LogP contribution >= 0.6 is 22.9 Å². The average molecular weight is 880 g/mol. The first kappa shape index (κ1) is 47.0. The van der Waals surface area contributed by atoms with Crippen LogP contribution in [0, 0.1) is 12.3 Å². The molecule has 5 atom stereocenters. The fraction of sp³-hybridized carbons (Fsp3) is 0.523. The van der Waals surface area contributed by atoms with Gasteiger partial charge in [0.2, 0.25) is 17.7 Å². The summed E-state index contributed by atoms with van der Waals surface area (Å²) in [6, 6.07) is 10.9. The van der Waals surface area contributed by atoms with Gasteiger partial charge in [0.1, 0.15) is 30.0 Å². The van der Waals surface area contributed by atoms with Crippen molar-refractivity contribution < 1.29 is 33.8 Å². The molecular formula is C44H59ClN8O7S. The molecule has 1 saturated heterocycles. The van der Waals surface area contributed by atoms with Crippen molar-refractivity contribution in [3.05, 3.63) is 81.7 Å². The van der Waals surface area contributed by atoms with E-state index in [4.69, 9.17) is 26.8 Å². The second-order valence-corrected chi connectivity index (χ2v) is 18.9. The number of aliphatic hydroxyl groups excluding tert-OH is 1. The van der Waals surface area contributed by atoms with E-state index in [0.29, 0.717) is 35.7 Å². The molecule has 4 aromatic rings. The molecule has 61 heavy (non-hydrogen) atoms. The number of rotatable bonds is 17. The van der Waals surface area contributed by atoms with Crippen LogP contribution in [0.15, 0.2) is 54.2 Å². The summed E-state index contributed by atoms with van der Waals surface area (Å²) in [5.41, 5.74) is 10.3. The van der Waals surface area contributed by atoms with Gasteiger partial charge in [-0.3, -0.25) is 14.4 Å².